The quantitative estimate of drug-likeness (QED) is 0.752. The van der Waals surface area contributed by atoms with Crippen LogP contribution in [-0.4, -0.2) is 0 Å². The fourth-order valence-corrected chi connectivity index (χ4v) is 4.41. The van der Waals surface area contributed by atoms with Crippen LogP contribution >= 0.6 is 11.3 Å². The van der Waals surface area contributed by atoms with E-state index in [0.717, 1.165) is 12.0 Å². The second-order valence-electron chi connectivity index (χ2n) is 5.20. The molecule has 0 saturated carbocycles. The molecule has 1 aromatic carbocycles. The third kappa shape index (κ3) is 1.51. The van der Waals surface area contributed by atoms with Gasteiger partial charge in [-0.1, -0.05) is 6.07 Å². The SMILES string of the molecule is CC12NC(Cc3sccc31)c1ccc(C#N)cc12.[Cl-].[H+]. The molecule has 19 heavy (non-hydrogen) atoms. The molecule has 0 spiro atoms. The molecule has 0 radical (unpaired) electrons. The van der Waals surface area contributed by atoms with Gasteiger partial charge in [-0.15, -0.1) is 11.3 Å². The van der Waals surface area contributed by atoms with Crippen LogP contribution < -0.4 is 17.7 Å². The summed E-state index contributed by atoms with van der Waals surface area (Å²) >= 11 is 1.85. The maximum atomic E-state index is 9.08. The van der Waals surface area contributed by atoms with Crippen molar-refractivity contribution in [2.75, 3.05) is 0 Å². The summed E-state index contributed by atoms with van der Waals surface area (Å²) in [5, 5.41) is 15.0. The zero-order valence-corrected chi connectivity index (χ0v) is 12.0. The van der Waals surface area contributed by atoms with E-state index in [1.807, 2.05) is 17.4 Å². The minimum Gasteiger partial charge on any atom is -1.00 e. The van der Waals surface area contributed by atoms with E-state index in [9.17, 15) is 0 Å². The largest absolute Gasteiger partial charge is 1.00 e. The van der Waals surface area contributed by atoms with Crippen molar-refractivity contribution >= 4 is 11.3 Å². The Hall–Kier alpha value is -1.34. The van der Waals surface area contributed by atoms with Crippen molar-refractivity contribution in [1.82, 2.24) is 5.32 Å². The zero-order valence-electron chi connectivity index (χ0n) is 11.4. The molecule has 2 unspecified atom stereocenters. The summed E-state index contributed by atoms with van der Waals surface area (Å²) in [6, 6.07) is 11.0. The van der Waals surface area contributed by atoms with Crippen LogP contribution in [0.5, 0.6) is 0 Å². The molecule has 1 aromatic heterocycles. The standard InChI is InChI=1S/C15H12N2S.ClH/c1-15-11-4-5-18-14(11)7-13(17-15)10-3-2-9(8-16)6-12(10)15;/h2-6,13,17H,7H2,1H3;1H. The molecule has 4 heteroatoms. The van der Waals surface area contributed by atoms with Gasteiger partial charge in [0.1, 0.15) is 0 Å². The van der Waals surface area contributed by atoms with Crippen molar-refractivity contribution in [3.63, 3.8) is 0 Å². The Morgan fingerprint density at radius 2 is 2.26 bits per heavy atom. The van der Waals surface area contributed by atoms with Crippen LogP contribution in [0.1, 0.15) is 41.5 Å². The molecule has 0 fully saturated rings. The Kier molecular flexibility index (Phi) is 2.72. The van der Waals surface area contributed by atoms with Gasteiger partial charge in [0, 0.05) is 17.3 Å². The van der Waals surface area contributed by atoms with Gasteiger partial charge in [-0.3, -0.25) is 5.32 Å². The molecule has 0 saturated heterocycles. The molecule has 2 atom stereocenters. The van der Waals surface area contributed by atoms with Crippen molar-refractivity contribution in [2.45, 2.75) is 24.9 Å². The van der Waals surface area contributed by atoms with Crippen molar-refractivity contribution < 1.29 is 13.8 Å². The van der Waals surface area contributed by atoms with Gasteiger partial charge < -0.3 is 12.4 Å². The number of thiophene rings is 1. The summed E-state index contributed by atoms with van der Waals surface area (Å²) in [7, 11) is 0. The molecule has 0 amide bonds. The molecule has 2 bridgehead atoms. The van der Waals surface area contributed by atoms with E-state index < -0.39 is 0 Å². The van der Waals surface area contributed by atoms with Gasteiger partial charge in [0.25, 0.3) is 0 Å². The third-order valence-electron chi connectivity index (χ3n) is 4.23. The van der Waals surface area contributed by atoms with Crippen LogP contribution in [0, 0.1) is 11.3 Å². The van der Waals surface area contributed by atoms with Crippen molar-refractivity contribution in [3.05, 3.63) is 56.8 Å². The highest BCUT2D eigenvalue weighted by Gasteiger charge is 2.46. The monoisotopic (exact) mass is 288 g/mol. The summed E-state index contributed by atoms with van der Waals surface area (Å²) in [4.78, 5) is 1.48. The maximum absolute atomic E-state index is 9.08. The Morgan fingerprint density at radius 3 is 3.05 bits per heavy atom. The molecule has 4 rings (SSSR count). The summed E-state index contributed by atoms with van der Waals surface area (Å²) in [6.07, 6.45) is 1.07. The molecule has 2 aromatic rings. The van der Waals surface area contributed by atoms with Crippen LogP contribution in [0.3, 0.4) is 0 Å². The molecule has 2 aliphatic rings. The van der Waals surface area contributed by atoms with Gasteiger partial charge in [0.2, 0.25) is 0 Å². The fraction of sp³-hybridized carbons (Fsp3) is 0.267. The lowest BCUT2D eigenvalue weighted by molar-refractivity contribution is -0.00000396. The number of halogens is 1. The number of rotatable bonds is 0. The fourth-order valence-electron chi connectivity index (χ4n) is 3.38. The number of benzene rings is 1. The first-order valence-corrected chi connectivity index (χ1v) is 6.99. The van der Waals surface area contributed by atoms with E-state index in [2.05, 4.69) is 41.9 Å². The van der Waals surface area contributed by atoms with Gasteiger partial charge in [-0.05, 0) is 47.2 Å². The Balaban J connectivity index is 0.000000735. The molecule has 3 heterocycles. The van der Waals surface area contributed by atoms with E-state index in [-0.39, 0.29) is 19.4 Å². The average Bonchev–Trinajstić information content (AvgIpc) is 2.94. The molecule has 96 valence electrons. The lowest BCUT2D eigenvalue weighted by Gasteiger charge is -2.32. The van der Waals surface area contributed by atoms with Crippen molar-refractivity contribution in [2.24, 2.45) is 0 Å². The van der Waals surface area contributed by atoms with Crippen LogP contribution in [-0.2, 0) is 12.0 Å². The first-order valence-electron chi connectivity index (χ1n) is 6.11. The Bertz CT molecular complexity index is 706. The number of nitriles is 1. The van der Waals surface area contributed by atoms with E-state index in [0.29, 0.717) is 6.04 Å². The summed E-state index contributed by atoms with van der Waals surface area (Å²) in [5.74, 6) is 0. The smallest absolute Gasteiger partial charge is 1.00 e. The maximum Gasteiger partial charge on any atom is 1.00 e. The highest BCUT2D eigenvalue weighted by molar-refractivity contribution is 7.10. The number of hydrogen-bond donors (Lipinski definition) is 1. The van der Waals surface area contributed by atoms with E-state index in [1.54, 1.807) is 0 Å². The van der Waals surface area contributed by atoms with Gasteiger partial charge in [0.15, 0.2) is 0 Å². The Labute approximate surface area is 124 Å². The first-order chi connectivity index (χ1) is 8.72. The highest BCUT2D eigenvalue weighted by atomic mass is 35.5. The van der Waals surface area contributed by atoms with Crippen LogP contribution in [0.15, 0.2) is 29.6 Å². The lowest BCUT2D eigenvalue weighted by atomic mass is 9.85. The number of nitrogens with zero attached hydrogens (tertiary/aromatic N) is 1. The second kappa shape index (κ2) is 4.08. The number of fused-ring (bicyclic) bond motifs is 7. The first kappa shape index (κ1) is 12.7. The molecular formula is C15H13ClN2S. The molecule has 0 aliphatic carbocycles. The van der Waals surface area contributed by atoms with Gasteiger partial charge in [0.05, 0.1) is 17.2 Å². The highest BCUT2D eigenvalue weighted by Crippen LogP contribution is 2.49. The number of hydrogen-bond acceptors (Lipinski definition) is 3. The molecular weight excluding hydrogens is 276 g/mol. The van der Waals surface area contributed by atoms with Gasteiger partial charge in [-0.25, -0.2) is 0 Å². The minimum atomic E-state index is -0.111. The number of nitrogens with one attached hydrogen (secondary N) is 1. The van der Waals surface area contributed by atoms with Crippen LogP contribution in [0.25, 0.3) is 0 Å². The lowest BCUT2D eigenvalue weighted by Crippen LogP contribution is -3.00. The molecule has 2 nitrogen and oxygen atoms in total. The third-order valence-corrected chi connectivity index (χ3v) is 5.18. The second-order valence-corrected chi connectivity index (χ2v) is 6.20. The molecule has 1 N–H and O–H groups in total. The zero-order chi connectivity index (χ0) is 12.3. The normalized spacial score (nSPS) is 26.0. The van der Waals surface area contributed by atoms with E-state index in [4.69, 9.17) is 5.26 Å². The van der Waals surface area contributed by atoms with E-state index >= 15 is 0 Å². The van der Waals surface area contributed by atoms with Gasteiger partial charge >= 0.3 is 1.43 Å². The minimum absolute atomic E-state index is 0. The summed E-state index contributed by atoms with van der Waals surface area (Å²) < 4.78 is 0. The van der Waals surface area contributed by atoms with E-state index in [1.165, 1.54) is 21.6 Å². The van der Waals surface area contributed by atoms with Crippen LogP contribution in [0.2, 0.25) is 0 Å². The molecule has 2 aliphatic heterocycles. The Morgan fingerprint density at radius 1 is 1.42 bits per heavy atom. The predicted molar refractivity (Wildman–Crippen MR) is 72.6 cm³/mol. The predicted octanol–water partition coefficient (Wildman–Crippen LogP) is 0.200. The van der Waals surface area contributed by atoms with Gasteiger partial charge in [-0.2, -0.15) is 5.26 Å². The van der Waals surface area contributed by atoms with Crippen molar-refractivity contribution in [1.29, 1.82) is 5.26 Å². The average molecular weight is 289 g/mol. The summed E-state index contributed by atoms with van der Waals surface area (Å²) in [5.41, 5.74) is 4.67. The summed E-state index contributed by atoms with van der Waals surface area (Å²) in [6.45, 7) is 2.23. The van der Waals surface area contributed by atoms with Crippen LogP contribution in [0.4, 0.5) is 0 Å². The van der Waals surface area contributed by atoms with Crippen molar-refractivity contribution in [3.8, 4) is 6.07 Å². The topological polar surface area (TPSA) is 35.8 Å².